The monoisotopic (exact) mass is 248 g/mol. The number of anilines is 1. The summed E-state index contributed by atoms with van der Waals surface area (Å²) in [6, 6.07) is 2.58. The third-order valence-corrected chi connectivity index (χ3v) is 2.45. The van der Waals surface area contributed by atoms with E-state index in [1.54, 1.807) is 10.9 Å². The van der Waals surface area contributed by atoms with Gasteiger partial charge in [0.05, 0.1) is 17.0 Å². The highest BCUT2D eigenvalue weighted by atomic mass is 16.6. The third-order valence-electron chi connectivity index (χ3n) is 2.45. The number of hydrogen-bond donors (Lipinski definition) is 1. The first kappa shape index (κ1) is 12.0. The molecular weight excluding hydrogens is 236 g/mol. The molecule has 0 saturated heterocycles. The SMILES string of the molecule is CC(Nc1cc([N+](=O)[O-])ccn1)c1nncn1C. The summed E-state index contributed by atoms with van der Waals surface area (Å²) in [5.41, 5.74) is -0.00216. The fourth-order valence-corrected chi connectivity index (χ4v) is 1.58. The molecular formula is C10H12N6O2. The summed E-state index contributed by atoms with van der Waals surface area (Å²) >= 11 is 0. The average molecular weight is 248 g/mol. The standard InChI is InChI=1S/C10H12N6O2/c1-7(10-14-12-6-15(10)2)13-9-5-8(16(17)18)3-4-11-9/h3-7H,1-2H3,(H,11,13). The van der Waals surface area contributed by atoms with Gasteiger partial charge in [0.1, 0.15) is 12.1 Å². The molecule has 8 heteroatoms. The Bertz CT molecular complexity index is 567. The van der Waals surface area contributed by atoms with Crippen LogP contribution >= 0.6 is 0 Å². The van der Waals surface area contributed by atoms with Crippen molar-refractivity contribution in [2.24, 2.45) is 7.05 Å². The second-order valence-corrected chi connectivity index (χ2v) is 3.82. The maximum absolute atomic E-state index is 10.6. The molecule has 2 rings (SSSR count). The molecule has 8 nitrogen and oxygen atoms in total. The molecule has 0 saturated carbocycles. The van der Waals surface area contributed by atoms with E-state index in [-0.39, 0.29) is 11.7 Å². The molecule has 0 radical (unpaired) electrons. The van der Waals surface area contributed by atoms with Gasteiger partial charge in [0.2, 0.25) is 0 Å². The maximum Gasteiger partial charge on any atom is 0.274 e. The Morgan fingerprint density at radius 1 is 1.56 bits per heavy atom. The van der Waals surface area contributed by atoms with E-state index in [0.717, 1.165) is 5.82 Å². The van der Waals surface area contributed by atoms with Crippen LogP contribution in [0.1, 0.15) is 18.8 Å². The van der Waals surface area contributed by atoms with E-state index in [0.29, 0.717) is 5.82 Å². The van der Waals surface area contributed by atoms with E-state index >= 15 is 0 Å². The van der Waals surface area contributed by atoms with Gasteiger partial charge in [-0.2, -0.15) is 0 Å². The molecule has 0 spiro atoms. The van der Waals surface area contributed by atoms with Crippen molar-refractivity contribution in [2.45, 2.75) is 13.0 Å². The molecule has 0 bridgehead atoms. The molecule has 18 heavy (non-hydrogen) atoms. The molecule has 0 aromatic carbocycles. The largest absolute Gasteiger partial charge is 0.360 e. The second-order valence-electron chi connectivity index (χ2n) is 3.82. The van der Waals surface area contributed by atoms with Gasteiger partial charge in [-0.25, -0.2) is 4.98 Å². The molecule has 1 N–H and O–H groups in total. The van der Waals surface area contributed by atoms with E-state index in [1.807, 2.05) is 14.0 Å². The van der Waals surface area contributed by atoms with E-state index in [9.17, 15) is 10.1 Å². The average Bonchev–Trinajstić information content (AvgIpc) is 2.76. The fraction of sp³-hybridized carbons (Fsp3) is 0.300. The van der Waals surface area contributed by atoms with Gasteiger partial charge in [0.25, 0.3) is 5.69 Å². The number of nitrogens with zero attached hydrogens (tertiary/aromatic N) is 5. The maximum atomic E-state index is 10.6. The predicted octanol–water partition coefficient (Wildman–Crippen LogP) is 1.29. The molecule has 1 atom stereocenters. The Balaban J connectivity index is 2.17. The lowest BCUT2D eigenvalue weighted by molar-refractivity contribution is -0.384. The van der Waals surface area contributed by atoms with Gasteiger partial charge < -0.3 is 9.88 Å². The van der Waals surface area contributed by atoms with Gasteiger partial charge in [-0.3, -0.25) is 10.1 Å². The van der Waals surface area contributed by atoms with Gasteiger partial charge in [0, 0.05) is 19.3 Å². The minimum Gasteiger partial charge on any atom is -0.360 e. The third kappa shape index (κ3) is 2.42. The Labute approximate surface area is 103 Å². The van der Waals surface area contributed by atoms with Crippen LogP contribution in [0.4, 0.5) is 11.5 Å². The summed E-state index contributed by atoms with van der Waals surface area (Å²) in [5, 5.41) is 21.4. The van der Waals surface area contributed by atoms with Gasteiger partial charge in [-0.15, -0.1) is 10.2 Å². The fourth-order valence-electron chi connectivity index (χ4n) is 1.58. The molecule has 0 amide bonds. The normalized spacial score (nSPS) is 12.1. The van der Waals surface area contributed by atoms with Gasteiger partial charge in [-0.1, -0.05) is 0 Å². The zero-order valence-electron chi connectivity index (χ0n) is 9.94. The van der Waals surface area contributed by atoms with Crippen LogP contribution in [0, 0.1) is 10.1 Å². The number of nitrogens with one attached hydrogen (secondary N) is 1. The highest BCUT2D eigenvalue weighted by Gasteiger charge is 2.13. The lowest BCUT2D eigenvalue weighted by atomic mass is 10.3. The van der Waals surface area contributed by atoms with Crippen LogP contribution < -0.4 is 5.32 Å². The minimum atomic E-state index is -0.458. The van der Waals surface area contributed by atoms with Crippen molar-refractivity contribution in [3.63, 3.8) is 0 Å². The molecule has 0 aliphatic heterocycles. The summed E-state index contributed by atoms with van der Waals surface area (Å²) < 4.78 is 1.77. The second kappa shape index (κ2) is 4.78. The number of hydrogen-bond acceptors (Lipinski definition) is 6. The number of rotatable bonds is 4. The quantitative estimate of drug-likeness (QED) is 0.646. The molecule has 94 valence electrons. The van der Waals surface area contributed by atoms with Crippen LogP contribution in [0.15, 0.2) is 24.7 Å². The Hall–Kier alpha value is -2.51. The van der Waals surface area contributed by atoms with Crippen LogP contribution in [0.2, 0.25) is 0 Å². The Morgan fingerprint density at radius 2 is 2.33 bits per heavy atom. The highest BCUT2D eigenvalue weighted by Crippen LogP contribution is 2.19. The molecule has 1 unspecified atom stereocenters. The van der Waals surface area contributed by atoms with E-state index in [4.69, 9.17) is 0 Å². The number of nitro groups is 1. The summed E-state index contributed by atoms with van der Waals surface area (Å²) in [5.74, 6) is 1.16. The molecule has 2 aromatic heterocycles. The summed E-state index contributed by atoms with van der Waals surface area (Å²) in [7, 11) is 1.83. The number of aryl methyl sites for hydroxylation is 1. The zero-order chi connectivity index (χ0) is 13.1. The molecule has 0 fully saturated rings. The van der Waals surface area contributed by atoms with E-state index in [2.05, 4.69) is 20.5 Å². The predicted molar refractivity (Wildman–Crippen MR) is 63.9 cm³/mol. The van der Waals surface area contributed by atoms with Crippen molar-refractivity contribution in [1.29, 1.82) is 0 Å². The van der Waals surface area contributed by atoms with Crippen molar-refractivity contribution in [3.05, 3.63) is 40.6 Å². The van der Waals surface area contributed by atoms with Crippen molar-refractivity contribution in [2.75, 3.05) is 5.32 Å². The van der Waals surface area contributed by atoms with Gasteiger partial charge >= 0.3 is 0 Å². The Morgan fingerprint density at radius 3 is 2.94 bits per heavy atom. The highest BCUT2D eigenvalue weighted by molar-refractivity contribution is 5.45. The lowest BCUT2D eigenvalue weighted by Gasteiger charge is -2.12. The smallest absolute Gasteiger partial charge is 0.274 e. The molecule has 2 heterocycles. The number of pyridine rings is 1. The van der Waals surface area contributed by atoms with Crippen LogP contribution in [-0.2, 0) is 7.05 Å². The first-order chi connectivity index (χ1) is 8.58. The van der Waals surface area contributed by atoms with Gasteiger partial charge in [-0.05, 0) is 6.92 Å². The Kier molecular flexibility index (Phi) is 3.18. The molecule has 2 aromatic rings. The van der Waals surface area contributed by atoms with E-state index in [1.165, 1.54) is 18.3 Å². The van der Waals surface area contributed by atoms with Crippen LogP contribution in [-0.4, -0.2) is 24.7 Å². The lowest BCUT2D eigenvalue weighted by Crippen LogP contribution is -2.12. The number of aromatic nitrogens is 4. The molecule has 0 aliphatic carbocycles. The van der Waals surface area contributed by atoms with Crippen molar-refractivity contribution >= 4 is 11.5 Å². The summed E-state index contributed by atoms with van der Waals surface area (Å²) in [4.78, 5) is 14.2. The van der Waals surface area contributed by atoms with Crippen molar-refractivity contribution in [1.82, 2.24) is 19.7 Å². The first-order valence-corrected chi connectivity index (χ1v) is 5.29. The zero-order valence-corrected chi connectivity index (χ0v) is 9.94. The summed E-state index contributed by atoms with van der Waals surface area (Å²) in [6.45, 7) is 1.88. The van der Waals surface area contributed by atoms with E-state index < -0.39 is 4.92 Å². The summed E-state index contributed by atoms with van der Waals surface area (Å²) in [6.07, 6.45) is 2.98. The topological polar surface area (TPSA) is 98.8 Å². The van der Waals surface area contributed by atoms with Crippen LogP contribution in [0.25, 0.3) is 0 Å². The minimum absolute atomic E-state index is 0.00216. The van der Waals surface area contributed by atoms with Crippen LogP contribution in [0.3, 0.4) is 0 Å². The van der Waals surface area contributed by atoms with Crippen molar-refractivity contribution < 1.29 is 4.92 Å². The molecule has 0 aliphatic rings. The van der Waals surface area contributed by atoms with Gasteiger partial charge in [0.15, 0.2) is 5.82 Å². The first-order valence-electron chi connectivity index (χ1n) is 5.29. The van der Waals surface area contributed by atoms with Crippen molar-refractivity contribution in [3.8, 4) is 0 Å². The van der Waals surface area contributed by atoms with Crippen LogP contribution in [0.5, 0.6) is 0 Å².